The SMILES string of the molecule is COc1nc2ncsc2c(OC)c1-c1c[nH]c2nc(NC(=O)[C@H]3C[C@@H]3CN(C)C)ccc12. The van der Waals surface area contributed by atoms with E-state index in [2.05, 4.69) is 30.2 Å². The molecule has 4 aromatic heterocycles. The Bertz CT molecular complexity index is 1310. The van der Waals surface area contributed by atoms with Gasteiger partial charge in [-0.05, 0) is 38.6 Å². The van der Waals surface area contributed by atoms with E-state index in [-0.39, 0.29) is 11.8 Å². The summed E-state index contributed by atoms with van der Waals surface area (Å²) in [5.74, 6) is 2.12. The number of hydrogen-bond donors (Lipinski definition) is 2. The van der Waals surface area contributed by atoms with Crippen LogP contribution in [0.4, 0.5) is 5.82 Å². The lowest BCUT2D eigenvalue weighted by atomic mass is 10.1. The minimum absolute atomic E-state index is 0.0265. The Hall–Kier alpha value is -3.24. The van der Waals surface area contributed by atoms with Gasteiger partial charge in [0.2, 0.25) is 11.8 Å². The maximum atomic E-state index is 12.6. The standard InChI is InChI=1S/C22H24N6O3S/c1-28(2)9-11-7-13(11)21(29)26-15-6-5-12-14(8-23-19(12)25-15)16-17(30-3)18-20(24-10-32-18)27-22(16)31-4/h5-6,8,10-11,13H,7,9H2,1-4H3,(H2,23,25,26,29)/t11-,13+/m1/s1. The second kappa shape index (κ2) is 8.03. The van der Waals surface area contributed by atoms with Crippen molar-refractivity contribution in [3.05, 3.63) is 23.8 Å². The monoisotopic (exact) mass is 452 g/mol. The average molecular weight is 453 g/mol. The van der Waals surface area contributed by atoms with Gasteiger partial charge in [-0.3, -0.25) is 4.79 Å². The van der Waals surface area contributed by atoms with Gasteiger partial charge in [0.05, 0.1) is 25.3 Å². The molecule has 1 aliphatic rings. The summed E-state index contributed by atoms with van der Waals surface area (Å²) in [6.07, 6.45) is 2.78. The lowest BCUT2D eigenvalue weighted by molar-refractivity contribution is -0.117. The van der Waals surface area contributed by atoms with Crippen molar-refractivity contribution in [3.8, 4) is 22.8 Å². The summed E-state index contributed by atoms with van der Waals surface area (Å²) in [5.41, 5.74) is 4.57. The summed E-state index contributed by atoms with van der Waals surface area (Å²) in [7, 11) is 7.25. The van der Waals surface area contributed by atoms with Crippen LogP contribution in [0.2, 0.25) is 0 Å². The molecule has 1 amide bonds. The predicted molar refractivity (Wildman–Crippen MR) is 124 cm³/mol. The van der Waals surface area contributed by atoms with E-state index in [0.29, 0.717) is 34.7 Å². The molecule has 0 bridgehead atoms. The van der Waals surface area contributed by atoms with Crippen LogP contribution in [-0.2, 0) is 4.79 Å². The number of methoxy groups -OCH3 is 2. The number of fused-ring (bicyclic) bond motifs is 2. The number of rotatable bonds is 7. The van der Waals surface area contributed by atoms with Crippen LogP contribution in [0, 0.1) is 11.8 Å². The van der Waals surface area contributed by atoms with E-state index >= 15 is 0 Å². The van der Waals surface area contributed by atoms with Crippen LogP contribution < -0.4 is 14.8 Å². The van der Waals surface area contributed by atoms with Gasteiger partial charge in [0.25, 0.3) is 0 Å². The summed E-state index contributed by atoms with van der Waals surface area (Å²) >= 11 is 1.47. The molecule has 4 aromatic rings. The van der Waals surface area contributed by atoms with Gasteiger partial charge in [0.15, 0.2) is 11.4 Å². The molecular weight excluding hydrogens is 428 g/mol. The number of pyridine rings is 2. The molecule has 1 saturated carbocycles. The molecule has 2 atom stereocenters. The van der Waals surface area contributed by atoms with E-state index < -0.39 is 0 Å². The Morgan fingerprint density at radius 1 is 1.28 bits per heavy atom. The fraction of sp³-hybridized carbons (Fsp3) is 0.364. The molecule has 9 nitrogen and oxygen atoms in total. The molecule has 4 heterocycles. The lowest BCUT2D eigenvalue weighted by Crippen LogP contribution is -2.20. The second-order valence-corrected chi connectivity index (χ2v) is 9.04. The van der Waals surface area contributed by atoms with Crippen LogP contribution in [0.25, 0.3) is 32.5 Å². The van der Waals surface area contributed by atoms with E-state index in [1.807, 2.05) is 32.4 Å². The molecule has 0 aromatic carbocycles. The first kappa shape index (κ1) is 20.7. The number of aromatic nitrogens is 4. The summed E-state index contributed by atoms with van der Waals surface area (Å²) < 4.78 is 12.2. The van der Waals surface area contributed by atoms with Crippen molar-refractivity contribution in [2.24, 2.45) is 11.8 Å². The maximum absolute atomic E-state index is 12.6. The smallest absolute Gasteiger partial charge is 0.228 e. The number of aromatic amines is 1. The Balaban J connectivity index is 1.47. The van der Waals surface area contributed by atoms with Gasteiger partial charge in [-0.15, -0.1) is 11.3 Å². The lowest BCUT2D eigenvalue weighted by Gasteiger charge is -2.12. The zero-order valence-corrected chi connectivity index (χ0v) is 19.1. The van der Waals surface area contributed by atoms with Crippen molar-refractivity contribution >= 4 is 44.4 Å². The third-order valence-corrected chi connectivity index (χ3v) is 6.53. The second-order valence-electron chi connectivity index (χ2n) is 8.18. The first-order chi connectivity index (χ1) is 15.5. The zero-order chi connectivity index (χ0) is 22.4. The number of carbonyl (C=O) groups excluding carboxylic acids is 1. The largest absolute Gasteiger partial charge is 0.494 e. The molecule has 1 aliphatic carbocycles. The van der Waals surface area contributed by atoms with Crippen molar-refractivity contribution in [2.75, 3.05) is 40.2 Å². The number of carbonyl (C=O) groups is 1. The highest BCUT2D eigenvalue weighted by Gasteiger charge is 2.43. The summed E-state index contributed by atoms with van der Waals surface area (Å²) in [5, 5.41) is 3.83. The first-order valence-electron chi connectivity index (χ1n) is 10.3. The highest BCUT2D eigenvalue weighted by atomic mass is 32.1. The number of thiazole rings is 1. The predicted octanol–water partition coefficient (Wildman–Crippen LogP) is 3.39. The van der Waals surface area contributed by atoms with Gasteiger partial charge >= 0.3 is 0 Å². The van der Waals surface area contributed by atoms with Crippen LogP contribution in [0.1, 0.15) is 6.42 Å². The quantitative estimate of drug-likeness (QED) is 0.443. The minimum Gasteiger partial charge on any atom is -0.494 e. The van der Waals surface area contributed by atoms with Crippen molar-refractivity contribution in [3.63, 3.8) is 0 Å². The average Bonchev–Trinajstić information content (AvgIpc) is 3.18. The summed E-state index contributed by atoms with van der Waals surface area (Å²) in [6.45, 7) is 0.923. The topological polar surface area (TPSA) is 105 Å². The molecular formula is C22H24N6O3S. The van der Waals surface area contributed by atoms with Crippen molar-refractivity contribution in [1.29, 1.82) is 0 Å². The molecule has 10 heteroatoms. The van der Waals surface area contributed by atoms with Crippen molar-refractivity contribution in [1.82, 2.24) is 24.8 Å². The first-order valence-corrected chi connectivity index (χ1v) is 11.2. The van der Waals surface area contributed by atoms with Gasteiger partial charge < -0.3 is 24.7 Å². The zero-order valence-electron chi connectivity index (χ0n) is 18.3. The number of ether oxygens (including phenoxy) is 2. The van der Waals surface area contributed by atoms with Crippen LogP contribution >= 0.6 is 11.3 Å². The Morgan fingerprint density at radius 3 is 2.88 bits per heavy atom. The van der Waals surface area contributed by atoms with Crippen molar-refractivity contribution < 1.29 is 14.3 Å². The van der Waals surface area contributed by atoms with Crippen LogP contribution in [0.15, 0.2) is 23.8 Å². The molecule has 0 spiro atoms. The minimum atomic E-state index is 0.0265. The number of hydrogen-bond acceptors (Lipinski definition) is 8. The van der Waals surface area contributed by atoms with Gasteiger partial charge in [0.1, 0.15) is 16.2 Å². The maximum Gasteiger partial charge on any atom is 0.228 e. The van der Waals surface area contributed by atoms with Crippen molar-refractivity contribution in [2.45, 2.75) is 6.42 Å². The Kier molecular flexibility index (Phi) is 5.18. The molecule has 5 rings (SSSR count). The molecule has 2 N–H and O–H groups in total. The number of amides is 1. The van der Waals surface area contributed by atoms with Crippen LogP contribution in [-0.4, -0.2) is 65.6 Å². The fourth-order valence-corrected chi connectivity index (χ4v) is 4.91. The number of H-pyrrole nitrogens is 1. The van der Waals surface area contributed by atoms with E-state index in [0.717, 1.165) is 34.2 Å². The van der Waals surface area contributed by atoms with E-state index in [1.165, 1.54) is 11.3 Å². The highest BCUT2D eigenvalue weighted by Crippen LogP contribution is 2.45. The van der Waals surface area contributed by atoms with E-state index in [1.54, 1.807) is 19.7 Å². The molecule has 166 valence electrons. The van der Waals surface area contributed by atoms with Crippen LogP contribution in [0.3, 0.4) is 0 Å². The van der Waals surface area contributed by atoms with E-state index in [4.69, 9.17) is 9.47 Å². The third kappa shape index (κ3) is 3.55. The van der Waals surface area contributed by atoms with E-state index in [9.17, 15) is 4.79 Å². The Labute approximate surface area is 188 Å². The van der Waals surface area contributed by atoms with Crippen LogP contribution in [0.5, 0.6) is 11.6 Å². The molecule has 0 unspecified atom stereocenters. The normalized spacial score (nSPS) is 17.8. The Morgan fingerprint density at radius 2 is 2.12 bits per heavy atom. The number of nitrogens with one attached hydrogen (secondary N) is 2. The number of nitrogens with zero attached hydrogens (tertiary/aromatic N) is 4. The summed E-state index contributed by atoms with van der Waals surface area (Å²) in [6, 6.07) is 3.75. The number of anilines is 1. The molecule has 0 aliphatic heterocycles. The van der Waals surface area contributed by atoms with Gasteiger partial charge in [-0.2, -0.15) is 4.98 Å². The summed E-state index contributed by atoms with van der Waals surface area (Å²) in [4.78, 5) is 31.3. The molecule has 0 radical (unpaired) electrons. The molecule has 1 fully saturated rings. The van der Waals surface area contributed by atoms with Gasteiger partial charge in [-0.25, -0.2) is 9.97 Å². The van der Waals surface area contributed by atoms with Gasteiger partial charge in [0, 0.05) is 29.6 Å². The third-order valence-electron chi connectivity index (χ3n) is 5.72. The van der Waals surface area contributed by atoms with Gasteiger partial charge in [-0.1, -0.05) is 0 Å². The highest BCUT2D eigenvalue weighted by molar-refractivity contribution is 7.17. The molecule has 32 heavy (non-hydrogen) atoms. The molecule has 0 saturated heterocycles. The fourth-order valence-electron chi connectivity index (χ4n) is 4.16.